The summed E-state index contributed by atoms with van der Waals surface area (Å²) in [5, 5.41) is 0. The Morgan fingerprint density at radius 1 is 1.29 bits per heavy atom. The Kier molecular flexibility index (Phi) is 4.20. The molecule has 4 nitrogen and oxygen atoms in total. The number of hydrogen-bond donors (Lipinski definition) is 1. The number of nitrogens with two attached hydrogens (primary N) is 1. The molecule has 1 heterocycles. The second-order valence-corrected chi connectivity index (χ2v) is 6.15. The topological polar surface area (TPSA) is 47.7 Å². The molecule has 2 unspecified atom stereocenters. The van der Waals surface area contributed by atoms with Crippen LogP contribution in [0.1, 0.15) is 31.7 Å². The Hall–Kier alpha value is -1.10. The average molecular weight is 290 g/mol. The van der Waals surface area contributed by atoms with E-state index in [1.807, 2.05) is 0 Å². The third-order valence-corrected chi connectivity index (χ3v) is 4.85. The lowest BCUT2D eigenvalue weighted by Crippen LogP contribution is -2.56. The van der Waals surface area contributed by atoms with Gasteiger partial charge in [-0.25, -0.2) is 0 Å². The summed E-state index contributed by atoms with van der Waals surface area (Å²) >= 11 is 0. The van der Waals surface area contributed by atoms with Gasteiger partial charge in [0, 0.05) is 37.2 Å². The summed E-state index contributed by atoms with van der Waals surface area (Å²) in [4.78, 5) is 2.42. The lowest BCUT2D eigenvalue weighted by atomic mass is 9.84. The van der Waals surface area contributed by atoms with Crippen molar-refractivity contribution in [3.63, 3.8) is 0 Å². The van der Waals surface area contributed by atoms with Gasteiger partial charge >= 0.3 is 0 Å². The number of nitrogens with zero attached hydrogens (tertiary/aromatic N) is 1. The van der Waals surface area contributed by atoms with Crippen molar-refractivity contribution < 1.29 is 9.47 Å². The molecule has 1 aromatic carbocycles. The fraction of sp³-hybridized carbons (Fsp3) is 0.647. The molecule has 0 amide bonds. The quantitative estimate of drug-likeness (QED) is 0.929. The fourth-order valence-corrected chi connectivity index (χ4v) is 3.72. The molecular weight excluding hydrogens is 264 g/mol. The number of ether oxygens (including phenoxy) is 2. The zero-order chi connectivity index (χ0) is 14.9. The molecule has 1 aliphatic carbocycles. The molecule has 1 saturated heterocycles. The summed E-state index contributed by atoms with van der Waals surface area (Å²) in [6.07, 6.45) is 2.72. The Bertz CT molecular complexity index is 485. The van der Waals surface area contributed by atoms with E-state index in [-0.39, 0.29) is 12.1 Å². The number of benzene rings is 1. The molecule has 2 atom stereocenters. The Balaban J connectivity index is 1.86. The van der Waals surface area contributed by atoms with E-state index in [1.165, 1.54) is 11.3 Å². The van der Waals surface area contributed by atoms with Gasteiger partial charge in [0.15, 0.2) is 5.79 Å². The molecule has 2 N–H and O–H groups in total. The third-order valence-electron chi connectivity index (χ3n) is 4.85. The number of anilines is 1. The second-order valence-electron chi connectivity index (χ2n) is 6.15. The molecule has 3 rings (SSSR count). The molecule has 2 fully saturated rings. The first-order chi connectivity index (χ1) is 10.2. The van der Waals surface area contributed by atoms with E-state index in [0.717, 1.165) is 25.8 Å². The summed E-state index contributed by atoms with van der Waals surface area (Å²) in [7, 11) is 0. The molecule has 116 valence electrons. The van der Waals surface area contributed by atoms with Crippen molar-refractivity contribution in [1.82, 2.24) is 0 Å². The van der Waals surface area contributed by atoms with Crippen LogP contribution in [0.25, 0.3) is 0 Å². The summed E-state index contributed by atoms with van der Waals surface area (Å²) < 4.78 is 11.8. The van der Waals surface area contributed by atoms with E-state index < -0.39 is 5.79 Å². The summed E-state index contributed by atoms with van der Waals surface area (Å²) in [5.41, 5.74) is 9.01. The lowest BCUT2D eigenvalue weighted by Gasteiger charge is -2.45. The van der Waals surface area contributed by atoms with Crippen LogP contribution in [0.3, 0.4) is 0 Å². The van der Waals surface area contributed by atoms with Crippen LogP contribution in [0.15, 0.2) is 24.3 Å². The predicted molar refractivity (Wildman–Crippen MR) is 84.4 cm³/mol. The maximum absolute atomic E-state index is 6.44. The van der Waals surface area contributed by atoms with Crippen LogP contribution >= 0.6 is 0 Å². The number of rotatable bonds is 3. The van der Waals surface area contributed by atoms with Crippen molar-refractivity contribution in [1.29, 1.82) is 0 Å². The Labute approximate surface area is 127 Å². The largest absolute Gasteiger partial charge is 0.367 e. The van der Waals surface area contributed by atoms with Gasteiger partial charge in [-0.3, -0.25) is 0 Å². The molecule has 0 bridgehead atoms. The van der Waals surface area contributed by atoms with E-state index in [9.17, 15) is 0 Å². The van der Waals surface area contributed by atoms with Gasteiger partial charge in [0.05, 0.1) is 13.2 Å². The van der Waals surface area contributed by atoms with Gasteiger partial charge in [0.25, 0.3) is 0 Å². The highest BCUT2D eigenvalue weighted by Gasteiger charge is 2.45. The van der Waals surface area contributed by atoms with Crippen LogP contribution in [-0.2, 0) is 9.47 Å². The van der Waals surface area contributed by atoms with Gasteiger partial charge in [-0.05, 0) is 31.9 Å². The smallest absolute Gasteiger partial charge is 0.170 e. The average Bonchev–Trinajstić information content (AvgIpc) is 2.94. The SMILES string of the molecule is CCN(c1ccccc1C)C1CC2(CCC1N)OCCO2. The summed E-state index contributed by atoms with van der Waals surface area (Å²) in [5.74, 6) is -0.392. The predicted octanol–water partition coefficient (Wildman–Crippen LogP) is 2.44. The van der Waals surface area contributed by atoms with Crippen molar-refractivity contribution >= 4 is 5.69 Å². The molecule has 2 aliphatic rings. The van der Waals surface area contributed by atoms with E-state index in [2.05, 4.69) is 43.0 Å². The van der Waals surface area contributed by atoms with Gasteiger partial charge in [-0.2, -0.15) is 0 Å². The highest BCUT2D eigenvalue weighted by atomic mass is 16.7. The number of hydrogen-bond acceptors (Lipinski definition) is 4. The molecule has 4 heteroatoms. The van der Waals surface area contributed by atoms with E-state index in [4.69, 9.17) is 15.2 Å². The van der Waals surface area contributed by atoms with E-state index in [0.29, 0.717) is 13.2 Å². The molecule has 1 aliphatic heterocycles. The Morgan fingerprint density at radius 3 is 2.67 bits per heavy atom. The zero-order valence-electron chi connectivity index (χ0n) is 13.0. The number of aryl methyl sites for hydroxylation is 1. The second kappa shape index (κ2) is 5.95. The van der Waals surface area contributed by atoms with Crippen LogP contribution in [-0.4, -0.2) is 37.6 Å². The Morgan fingerprint density at radius 2 is 2.00 bits per heavy atom. The van der Waals surface area contributed by atoms with Crippen molar-refractivity contribution in [3.05, 3.63) is 29.8 Å². The molecule has 1 aromatic rings. The molecule has 0 radical (unpaired) electrons. The van der Waals surface area contributed by atoms with E-state index in [1.54, 1.807) is 0 Å². The first-order valence-corrected chi connectivity index (χ1v) is 8.01. The van der Waals surface area contributed by atoms with Gasteiger partial charge in [-0.1, -0.05) is 18.2 Å². The minimum Gasteiger partial charge on any atom is -0.367 e. The van der Waals surface area contributed by atoms with Crippen LogP contribution in [0.4, 0.5) is 5.69 Å². The minimum atomic E-state index is -0.392. The summed E-state index contributed by atoms with van der Waals surface area (Å²) in [6, 6.07) is 8.95. The summed E-state index contributed by atoms with van der Waals surface area (Å²) in [6.45, 7) is 6.71. The highest BCUT2D eigenvalue weighted by Crippen LogP contribution is 2.38. The number of likely N-dealkylation sites (N-methyl/N-ethyl adjacent to an activating group) is 1. The highest BCUT2D eigenvalue weighted by molar-refractivity contribution is 5.54. The number of para-hydroxylation sites is 1. The standard InChI is InChI=1S/C17H26N2O2/c1-3-19(15-7-5-4-6-13(15)2)16-12-17(9-8-14(16)18)20-10-11-21-17/h4-7,14,16H,3,8-12,18H2,1-2H3. The third kappa shape index (κ3) is 2.80. The molecule has 1 saturated carbocycles. The van der Waals surface area contributed by atoms with Crippen LogP contribution < -0.4 is 10.6 Å². The minimum absolute atomic E-state index is 0.169. The molecule has 21 heavy (non-hydrogen) atoms. The monoisotopic (exact) mass is 290 g/mol. The maximum atomic E-state index is 6.44. The van der Waals surface area contributed by atoms with Crippen molar-refractivity contribution in [2.75, 3.05) is 24.7 Å². The van der Waals surface area contributed by atoms with Gasteiger partial charge in [-0.15, -0.1) is 0 Å². The first-order valence-electron chi connectivity index (χ1n) is 8.01. The van der Waals surface area contributed by atoms with Crippen LogP contribution in [0.5, 0.6) is 0 Å². The van der Waals surface area contributed by atoms with Crippen LogP contribution in [0.2, 0.25) is 0 Å². The molecular formula is C17H26N2O2. The van der Waals surface area contributed by atoms with Gasteiger partial charge in [0.2, 0.25) is 0 Å². The van der Waals surface area contributed by atoms with Crippen molar-refractivity contribution in [3.8, 4) is 0 Å². The van der Waals surface area contributed by atoms with Gasteiger partial charge in [0.1, 0.15) is 0 Å². The maximum Gasteiger partial charge on any atom is 0.170 e. The van der Waals surface area contributed by atoms with E-state index >= 15 is 0 Å². The molecule has 0 aromatic heterocycles. The molecule has 1 spiro atoms. The van der Waals surface area contributed by atoms with Gasteiger partial charge < -0.3 is 20.1 Å². The van der Waals surface area contributed by atoms with Crippen LogP contribution in [0, 0.1) is 6.92 Å². The lowest BCUT2D eigenvalue weighted by molar-refractivity contribution is -0.182. The normalized spacial score (nSPS) is 28.0. The fourth-order valence-electron chi connectivity index (χ4n) is 3.72. The van der Waals surface area contributed by atoms with Crippen molar-refractivity contribution in [2.45, 2.75) is 51.0 Å². The first kappa shape index (κ1) is 14.8. The van der Waals surface area contributed by atoms with Crippen molar-refractivity contribution in [2.24, 2.45) is 5.73 Å². The zero-order valence-corrected chi connectivity index (χ0v) is 13.0.